The first-order valence-corrected chi connectivity index (χ1v) is 8.73. The third kappa shape index (κ3) is 4.39. The van der Waals surface area contributed by atoms with E-state index in [1.807, 2.05) is 25.5 Å². The minimum atomic E-state index is -0.217. The molecule has 2 atom stereocenters. The van der Waals surface area contributed by atoms with Crippen molar-refractivity contribution >= 4 is 11.9 Å². The third-order valence-electron chi connectivity index (χ3n) is 4.67. The molecule has 1 aliphatic rings. The van der Waals surface area contributed by atoms with Gasteiger partial charge in [0.2, 0.25) is 11.9 Å². The van der Waals surface area contributed by atoms with Crippen LogP contribution in [0.4, 0.5) is 5.95 Å². The number of carbonyl (C=O) groups is 1. The van der Waals surface area contributed by atoms with Crippen molar-refractivity contribution in [2.24, 2.45) is 5.92 Å². The van der Waals surface area contributed by atoms with Crippen molar-refractivity contribution in [3.8, 4) is 0 Å². The van der Waals surface area contributed by atoms with Crippen LogP contribution in [0.2, 0.25) is 0 Å². The second-order valence-electron chi connectivity index (χ2n) is 6.63. The summed E-state index contributed by atoms with van der Waals surface area (Å²) < 4.78 is 1.98. The van der Waals surface area contributed by atoms with Gasteiger partial charge in [-0.2, -0.15) is 5.10 Å². The van der Waals surface area contributed by atoms with E-state index in [2.05, 4.69) is 30.3 Å². The van der Waals surface area contributed by atoms with E-state index < -0.39 is 0 Å². The van der Waals surface area contributed by atoms with Crippen molar-refractivity contribution in [2.75, 3.05) is 18.4 Å². The van der Waals surface area contributed by atoms with Gasteiger partial charge >= 0.3 is 0 Å². The Morgan fingerprint density at radius 2 is 2.12 bits per heavy atom. The van der Waals surface area contributed by atoms with Crippen molar-refractivity contribution in [1.82, 2.24) is 29.6 Å². The number of carbonyl (C=O) groups excluding carboxylic acids is 1. The van der Waals surface area contributed by atoms with Crippen LogP contribution in [0.1, 0.15) is 31.4 Å². The van der Waals surface area contributed by atoms with E-state index in [1.165, 1.54) is 0 Å². The molecular weight excluding hydrogens is 318 g/mol. The summed E-state index contributed by atoms with van der Waals surface area (Å²) in [6.45, 7) is 8.48. The van der Waals surface area contributed by atoms with Crippen LogP contribution in [-0.2, 0) is 11.3 Å². The molecular formula is C17H25N7O. The van der Waals surface area contributed by atoms with Gasteiger partial charge in [0.25, 0.3) is 0 Å². The van der Waals surface area contributed by atoms with E-state index in [0.717, 1.165) is 44.1 Å². The van der Waals surface area contributed by atoms with Crippen molar-refractivity contribution in [3.63, 3.8) is 0 Å². The van der Waals surface area contributed by atoms with Crippen LogP contribution in [0.3, 0.4) is 0 Å². The molecule has 0 aliphatic carbocycles. The van der Waals surface area contributed by atoms with Crippen LogP contribution >= 0.6 is 0 Å². The predicted molar refractivity (Wildman–Crippen MR) is 93.9 cm³/mol. The van der Waals surface area contributed by atoms with E-state index in [9.17, 15) is 4.79 Å². The summed E-state index contributed by atoms with van der Waals surface area (Å²) in [5, 5.41) is 7.24. The number of amides is 1. The summed E-state index contributed by atoms with van der Waals surface area (Å²) in [5.41, 5.74) is 0. The summed E-state index contributed by atoms with van der Waals surface area (Å²) in [6.07, 6.45) is 5.46. The SMILES string of the molecule is Cc1nc(C)n(C[C@@H]2CCCN([C@@H](C)C(=O)Nc3ncccn3)C2)n1. The standard InChI is InChI=1S/C17H25N7O/c1-12(16(25)21-17-18-7-5-8-19-17)23-9-4-6-15(10-23)11-24-14(3)20-13(2)22-24/h5,7-8,12,15H,4,6,9-11H2,1-3H3,(H,18,19,21,25)/t12-,15+/m0/s1. The van der Waals surface area contributed by atoms with Crippen LogP contribution in [0.15, 0.2) is 18.5 Å². The first-order valence-electron chi connectivity index (χ1n) is 8.73. The fourth-order valence-corrected chi connectivity index (χ4v) is 3.32. The largest absolute Gasteiger partial charge is 0.293 e. The molecule has 0 bridgehead atoms. The van der Waals surface area contributed by atoms with E-state index in [-0.39, 0.29) is 11.9 Å². The van der Waals surface area contributed by atoms with Gasteiger partial charge in [-0.25, -0.2) is 19.6 Å². The number of anilines is 1. The average molecular weight is 343 g/mol. The number of nitrogens with zero attached hydrogens (tertiary/aromatic N) is 6. The molecule has 0 radical (unpaired) electrons. The van der Waals surface area contributed by atoms with Crippen LogP contribution in [-0.4, -0.2) is 54.7 Å². The zero-order valence-corrected chi connectivity index (χ0v) is 15.0. The number of nitrogens with one attached hydrogen (secondary N) is 1. The number of likely N-dealkylation sites (tertiary alicyclic amines) is 1. The van der Waals surface area contributed by atoms with E-state index >= 15 is 0 Å². The van der Waals surface area contributed by atoms with Crippen LogP contribution in [0, 0.1) is 19.8 Å². The maximum atomic E-state index is 12.5. The molecule has 0 unspecified atom stereocenters. The third-order valence-corrected chi connectivity index (χ3v) is 4.67. The summed E-state index contributed by atoms with van der Waals surface area (Å²) in [4.78, 5) is 27.2. The smallest absolute Gasteiger partial charge is 0.243 e. The Bertz CT molecular complexity index is 715. The minimum absolute atomic E-state index is 0.0698. The van der Waals surface area contributed by atoms with Gasteiger partial charge in [0.1, 0.15) is 11.6 Å². The zero-order valence-electron chi connectivity index (χ0n) is 15.0. The summed E-state index contributed by atoms with van der Waals surface area (Å²) >= 11 is 0. The fourth-order valence-electron chi connectivity index (χ4n) is 3.32. The Hall–Kier alpha value is -2.35. The molecule has 3 heterocycles. The second-order valence-corrected chi connectivity index (χ2v) is 6.63. The van der Waals surface area contributed by atoms with Crippen molar-refractivity contribution < 1.29 is 4.79 Å². The minimum Gasteiger partial charge on any atom is -0.293 e. The number of hydrogen-bond acceptors (Lipinski definition) is 6. The van der Waals surface area contributed by atoms with Crippen molar-refractivity contribution in [2.45, 2.75) is 46.2 Å². The highest BCUT2D eigenvalue weighted by atomic mass is 16.2. The van der Waals surface area contributed by atoms with Gasteiger partial charge in [-0.1, -0.05) is 0 Å². The van der Waals surface area contributed by atoms with Gasteiger partial charge in [0.15, 0.2) is 0 Å². The number of piperidine rings is 1. The zero-order chi connectivity index (χ0) is 17.8. The number of rotatable bonds is 5. The monoisotopic (exact) mass is 343 g/mol. The molecule has 1 saturated heterocycles. The Kier molecular flexibility index (Phi) is 5.37. The number of aryl methyl sites for hydroxylation is 2. The van der Waals surface area contributed by atoms with Gasteiger partial charge in [0, 0.05) is 25.5 Å². The molecule has 1 fully saturated rings. The number of aromatic nitrogens is 5. The molecule has 0 aromatic carbocycles. The molecule has 25 heavy (non-hydrogen) atoms. The first kappa shape index (κ1) is 17.5. The van der Waals surface area contributed by atoms with Crippen LogP contribution in [0.5, 0.6) is 0 Å². The Morgan fingerprint density at radius 3 is 2.80 bits per heavy atom. The number of hydrogen-bond donors (Lipinski definition) is 1. The lowest BCUT2D eigenvalue weighted by atomic mass is 9.96. The van der Waals surface area contributed by atoms with Crippen LogP contribution in [0.25, 0.3) is 0 Å². The molecule has 0 saturated carbocycles. The maximum absolute atomic E-state index is 12.5. The van der Waals surface area contributed by atoms with Crippen LogP contribution < -0.4 is 5.32 Å². The average Bonchev–Trinajstić information content (AvgIpc) is 2.92. The van der Waals surface area contributed by atoms with Gasteiger partial charge in [-0.05, 0) is 52.1 Å². The Labute approximate surface area is 147 Å². The topological polar surface area (TPSA) is 88.8 Å². The first-order chi connectivity index (χ1) is 12.0. The maximum Gasteiger partial charge on any atom is 0.243 e. The normalized spacial score (nSPS) is 19.6. The van der Waals surface area contributed by atoms with E-state index in [1.54, 1.807) is 18.5 Å². The Balaban J connectivity index is 1.58. The lowest BCUT2D eigenvalue weighted by molar-refractivity contribution is -0.121. The summed E-state index contributed by atoms with van der Waals surface area (Å²) in [6, 6.07) is 1.51. The lowest BCUT2D eigenvalue weighted by Gasteiger charge is -2.36. The van der Waals surface area contributed by atoms with Gasteiger partial charge in [-0.15, -0.1) is 0 Å². The molecule has 8 heteroatoms. The molecule has 1 amide bonds. The van der Waals surface area contributed by atoms with Crippen molar-refractivity contribution in [1.29, 1.82) is 0 Å². The molecule has 2 aromatic heterocycles. The van der Waals surface area contributed by atoms with Gasteiger partial charge < -0.3 is 0 Å². The second kappa shape index (κ2) is 7.69. The molecule has 8 nitrogen and oxygen atoms in total. The fraction of sp³-hybridized carbons (Fsp3) is 0.588. The van der Waals surface area contributed by atoms with E-state index in [0.29, 0.717) is 11.9 Å². The summed E-state index contributed by atoms with van der Waals surface area (Å²) in [7, 11) is 0. The quantitative estimate of drug-likeness (QED) is 0.883. The molecule has 1 aliphatic heterocycles. The molecule has 1 N–H and O–H groups in total. The lowest BCUT2D eigenvalue weighted by Crippen LogP contribution is -2.47. The predicted octanol–water partition coefficient (Wildman–Crippen LogP) is 1.42. The molecule has 3 rings (SSSR count). The highest BCUT2D eigenvalue weighted by molar-refractivity contribution is 5.93. The highest BCUT2D eigenvalue weighted by Gasteiger charge is 2.28. The van der Waals surface area contributed by atoms with Crippen molar-refractivity contribution in [3.05, 3.63) is 30.1 Å². The summed E-state index contributed by atoms with van der Waals surface area (Å²) in [5.74, 6) is 2.50. The molecule has 0 spiro atoms. The highest BCUT2D eigenvalue weighted by Crippen LogP contribution is 2.21. The van der Waals surface area contributed by atoms with Gasteiger partial charge in [0.05, 0.1) is 6.04 Å². The van der Waals surface area contributed by atoms with E-state index in [4.69, 9.17) is 0 Å². The molecule has 134 valence electrons. The molecule has 2 aromatic rings. The Morgan fingerprint density at radius 1 is 1.36 bits per heavy atom. The van der Waals surface area contributed by atoms with Gasteiger partial charge in [-0.3, -0.25) is 15.0 Å².